The van der Waals surface area contributed by atoms with Crippen LogP contribution in [0.3, 0.4) is 0 Å². The van der Waals surface area contributed by atoms with Crippen LogP contribution in [0.4, 0.5) is 5.69 Å². The van der Waals surface area contributed by atoms with Gasteiger partial charge in [-0.1, -0.05) is 30.3 Å². The second kappa shape index (κ2) is 6.80. The smallest absolute Gasteiger partial charge is 0.262 e. The summed E-state index contributed by atoms with van der Waals surface area (Å²) in [5, 5.41) is 4.83. The van der Waals surface area contributed by atoms with Gasteiger partial charge in [-0.3, -0.25) is 4.79 Å². The summed E-state index contributed by atoms with van der Waals surface area (Å²) in [6.07, 6.45) is 0. The molecule has 0 bridgehead atoms. The minimum absolute atomic E-state index is 0.107. The molecule has 5 heteroatoms. The molecule has 0 saturated heterocycles. The number of carbonyl (C=O) groups excluding carboxylic acids is 1. The molecular formula is C21H17NO4. The highest BCUT2D eigenvalue weighted by atomic mass is 16.5. The third-order valence-corrected chi connectivity index (χ3v) is 4.09. The molecule has 0 radical (unpaired) electrons. The normalized spacial score (nSPS) is 10.8. The second-order valence-corrected chi connectivity index (χ2v) is 5.80. The van der Waals surface area contributed by atoms with Gasteiger partial charge in [-0.2, -0.15) is 0 Å². The van der Waals surface area contributed by atoms with Crippen LogP contribution in [0.25, 0.3) is 21.9 Å². The Labute approximate surface area is 150 Å². The second-order valence-electron chi connectivity index (χ2n) is 5.80. The van der Waals surface area contributed by atoms with Crippen LogP contribution >= 0.6 is 0 Å². The van der Waals surface area contributed by atoms with Crippen molar-refractivity contribution in [1.82, 2.24) is 0 Å². The quantitative estimate of drug-likeness (QED) is 0.573. The lowest BCUT2D eigenvalue weighted by Crippen LogP contribution is -2.20. The summed E-state index contributed by atoms with van der Waals surface area (Å²) in [4.78, 5) is 12.2. The molecule has 0 fully saturated rings. The van der Waals surface area contributed by atoms with E-state index in [0.717, 1.165) is 21.9 Å². The lowest BCUT2D eigenvalue weighted by Gasteiger charge is -2.10. The maximum atomic E-state index is 12.2. The number of ether oxygens (including phenoxy) is 2. The van der Waals surface area contributed by atoms with Crippen molar-refractivity contribution >= 4 is 33.5 Å². The first-order chi connectivity index (χ1) is 12.7. The van der Waals surface area contributed by atoms with Crippen LogP contribution in [-0.2, 0) is 4.79 Å². The van der Waals surface area contributed by atoms with Crippen molar-refractivity contribution in [1.29, 1.82) is 0 Å². The molecule has 1 heterocycles. The Balaban J connectivity index is 1.49. The van der Waals surface area contributed by atoms with Crippen molar-refractivity contribution in [3.05, 3.63) is 66.7 Å². The lowest BCUT2D eigenvalue weighted by atomic mass is 10.1. The van der Waals surface area contributed by atoms with Crippen LogP contribution in [0.15, 0.2) is 71.1 Å². The molecule has 0 atom stereocenters. The van der Waals surface area contributed by atoms with Gasteiger partial charge in [-0.05, 0) is 36.4 Å². The molecule has 4 aromatic rings. The van der Waals surface area contributed by atoms with Crippen molar-refractivity contribution < 1.29 is 18.7 Å². The highest BCUT2D eigenvalue weighted by Gasteiger charge is 2.10. The van der Waals surface area contributed by atoms with Crippen LogP contribution in [0.2, 0.25) is 0 Å². The predicted molar refractivity (Wildman–Crippen MR) is 101 cm³/mol. The van der Waals surface area contributed by atoms with E-state index in [1.165, 1.54) is 0 Å². The summed E-state index contributed by atoms with van der Waals surface area (Å²) < 4.78 is 16.6. The SMILES string of the molecule is COc1ccccc1OCC(=O)Nc1ccc2oc3ccccc3c2c1. The summed E-state index contributed by atoms with van der Waals surface area (Å²) in [5.41, 5.74) is 2.30. The van der Waals surface area contributed by atoms with Gasteiger partial charge in [-0.15, -0.1) is 0 Å². The number of methoxy groups -OCH3 is 1. The minimum atomic E-state index is -0.247. The molecule has 5 nitrogen and oxygen atoms in total. The minimum Gasteiger partial charge on any atom is -0.493 e. The number of hydrogen-bond donors (Lipinski definition) is 1. The Bertz CT molecular complexity index is 1080. The van der Waals surface area contributed by atoms with Crippen LogP contribution in [-0.4, -0.2) is 19.6 Å². The van der Waals surface area contributed by atoms with E-state index in [1.54, 1.807) is 19.2 Å². The highest BCUT2D eigenvalue weighted by molar-refractivity contribution is 6.07. The molecule has 0 aliphatic heterocycles. The number of anilines is 1. The molecule has 1 aromatic heterocycles. The van der Waals surface area contributed by atoms with Gasteiger partial charge in [0, 0.05) is 16.5 Å². The number of amides is 1. The first kappa shape index (κ1) is 16.0. The van der Waals surface area contributed by atoms with Gasteiger partial charge in [0.05, 0.1) is 7.11 Å². The predicted octanol–water partition coefficient (Wildman–Crippen LogP) is 4.61. The van der Waals surface area contributed by atoms with E-state index in [4.69, 9.17) is 13.9 Å². The van der Waals surface area contributed by atoms with Gasteiger partial charge < -0.3 is 19.2 Å². The maximum Gasteiger partial charge on any atom is 0.262 e. The molecule has 3 aromatic carbocycles. The average Bonchev–Trinajstić information content (AvgIpc) is 3.04. The Kier molecular flexibility index (Phi) is 4.19. The average molecular weight is 347 g/mol. The molecule has 4 rings (SSSR count). The topological polar surface area (TPSA) is 60.7 Å². The van der Waals surface area contributed by atoms with Crippen LogP contribution in [0.1, 0.15) is 0 Å². The van der Waals surface area contributed by atoms with E-state index in [9.17, 15) is 4.79 Å². The number of nitrogens with one attached hydrogen (secondary N) is 1. The number of carbonyl (C=O) groups is 1. The number of benzene rings is 3. The largest absolute Gasteiger partial charge is 0.493 e. The zero-order valence-electron chi connectivity index (χ0n) is 14.2. The van der Waals surface area contributed by atoms with Crippen LogP contribution in [0.5, 0.6) is 11.5 Å². The highest BCUT2D eigenvalue weighted by Crippen LogP contribution is 2.30. The maximum absolute atomic E-state index is 12.2. The molecular weight excluding hydrogens is 330 g/mol. The van der Waals surface area contributed by atoms with Crippen LogP contribution < -0.4 is 14.8 Å². The molecule has 1 amide bonds. The van der Waals surface area contributed by atoms with E-state index in [1.807, 2.05) is 54.6 Å². The van der Waals surface area contributed by atoms with Crippen molar-refractivity contribution in [2.24, 2.45) is 0 Å². The fourth-order valence-electron chi connectivity index (χ4n) is 2.88. The summed E-state index contributed by atoms with van der Waals surface area (Å²) >= 11 is 0. The fourth-order valence-corrected chi connectivity index (χ4v) is 2.88. The summed E-state index contributed by atoms with van der Waals surface area (Å²) in [5.74, 6) is 0.871. The summed E-state index contributed by atoms with van der Waals surface area (Å²) in [6, 6.07) is 20.6. The van der Waals surface area contributed by atoms with E-state index >= 15 is 0 Å². The molecule has 0 aliphatic rings. The van der Waals surface area contributed by atoms with Crippen molar-refractivity contribution in [3.8, 4) is 11.5 Å². The standard InChI is InChI=1S/C21H17NO4/c1-24-19-8-4-5-9-20(19)25-13-21(23)22-14-10-11-18-16(12-14)15-6-2-3-7-17(15)26-18/h2-12H,13H2,1H3,(H,22,23). The molecule has 0 aliphatic carbocycles. The number of para-hydroxylation sites is 3. The van der Waals surface area contributed by atoms with Gasteiger partial charge in [0.1, 0.15) is 11.2 Å². The molecule has 130 valence electrons. The van der Waals surface area contributed by atoms with E-state index < -0.39 is 0 Å². The van der Waals surface area contributed by atoms with Gasteiger partial charge in [-0.25, -0.2) is 0 Å². The monoisotopic (exact) mass is 347 g/mol. The molecule has 1 N–H and O–H groups in total. The summed E-state index contributed by atoms with van der Waals surface area (Å²) in [6.45, 7) is -0.107. The molecule has 0 unspecified atom stereocenters. The van der Waals surface area contributed by atoms with Crippen molar-refractivity contribution in [2.75, 3.05) is 19.0 Å². The van der Waals surface area contributed by atoms with Crippen molar-refractivity contribution in [2.45, 2.75) is 0 Å². The first-order valence-electron chi connectivity index (χ1n) is 8.21. The third-order valence-electron chi connectivity index (χ3n) is 4.09. The fraction of sp³-hybridized carbons (Fsp3) is 0.0952. The third kappa shape index (κ3) is 3.07. The lowest BCUT2D eigenvalue weighted by molar-refractivity contribution is -0.118. The Morgan fingerprint density at radius 2 is 1.65 bits per heavy atom. The van der Waals surface area contributed by atoms with Crippen molar-refractivity contribution in [3.63, 3.8) is 0 Å². The number of fused-ring (bicyclic) bond motifs is 3. The summed E-state index contributed by atoms with van der Waals surface area (Å²) in [7, 11) is 1.56. The number of furan rings is 1. The Morgan fingerprint density at radius 3 is 2.50 bits per heavy atom. The van der Waals surface area contributed by atoms with E-state index in [2.05, 4.69) is 5.32 Å². The van der Waals surface area contributed by atoms with Crippen LogP contribution in [0, 0.1) is 0 Å². The first-order valence-corrected chi connectivity index (χ1v) is 8.21. The Hall–Kier alpha value is -3.47. The van der Waals surface area contributed by atoms with Gasteiger partial charge in [0.15, 0.2) is 18.1 Å². The zero-order chi connectivity index (χ0) is 17.9. The van der Waals surface area contributed by atoms with Gasteiger partial charge in [0.25, 0.3) is 5.91 Å². The molecule has 0 saturated carbocycles. The number of rotatable bonds is 5. The van der Waals surface area contributed by atoms with Gasteiger partial charge >= 0.3 is 0 Å². The zero-order valence-corrected chi connectivity index (χ0v) is 14.2. The van der Waals surface area contributed by atoms with E-state index in [0.29, 0.717) is 17.2 Å². The van der Waals surface area contributed by atoms with E-state index in [-0.39, 0.29) is 12.5 Å². The molecule has 26 heavy (non-hydrogen) atoms. The Morgan fingerprint density at radius 1 is 0.923 bits per heavy atom. The molecule has 0 spiro atoms. The number of hydrogen-bond acceptors (Lipinski definition) is 4. The van der Waals surface area contributed by atoms with Gasteiger partial charge in [0.2, 0.25) is 0 Å².